The molecule has 25 heavy (non-hydrogen) atoms. The molecule has 0 fully saturated rings. The Morgan fingerprint density at radius 2 is 1.68 bits per heavy atom. The second-order valence-electron chi connectivity index (χ2n) is 4.69. The molecule has 2 aromatic rings. The minimum Gasteiger partial charge on any atom is -0.282 e. The van der Waals surface area contributed by atoms with Crippen LogP contribution in [0.5, 0.6) is 0 Å². The molecule has 2 rings (SSSR count). The average Bonchev–Trinajstić information content (AvgIpc) is 2.43. The van der Waals surface area contributed by atoms with E-state index >= 15 is 0 Å². The van der Waals surface area contributed by atoms with Crippen LogP contribution in [0.2, 0.25) is 0 Å². The fourth-order valence-corrected chi connectivity index (χ4v) is 4.13. The molecule has 9 nitrogen and oxygen atoms in total. The highest BCUT2D eigenvalue weighted by molar-refractivity contribution is 9.10. The van der Waals surface area contributed by atoms with Crippen molar-refractivity contribution < 1.29 is 30.7 Å². The highest BCUT2D eigenvalue weighted by atomic mass is 79.9. The van der Waals surface area contributed by atoms with Gasteiger partial charge in [-0.15, -0.1) is 0 Å². The van der Waals surface area contributed by atoms with Gasteiger partial charge in [-0.2, -0.15) is 8.42 Å². The first-order chi connectivity index (χ1) is 11.3. The van der Waals surface area contributed by atoms with Gasteiger partial charge in [-0.1, -0.05) is 22.0 Å². The predicted molar refractivity (Wildman–Crippen MR) is 87.4 cm³/mol. The smallest absolute Gasteiger partial charge is 0.282 e. The summed E-state index contributed by atoms with van der Waals surface area (Å²) in [7, 11) is -9.67. The zero-order valence-electron chi connectivity index (χ0n) is 11.9. The molecule has 0 unspecified atom stereocenters. The Balaban J connectivity index is 3.16. The zero-order valence-corrected chi connectivity index (χ0v) is 15.1. The number of nitro groups is 1. The lowest BCUT2D eigenvalue weighted by Gasteiger charge is -2.13. The van der Waals surface area contributed by atoms with Gasteiger partial charge in [-0.05, 0) is 18.2 Å². The molecule has 0 heterocycles. The normalized spacial score (nSPS) is 12.2. The van der Waals surface area contributed by atoms with E-state index in [9.17, 15) is 35.9 Å². The Labute approximate surface area is 149 Å². The van der Waals surface area contributed by atoms with Crippen LogP contribution >= 0.6 is 15.9 Å². The summed E-state index contributed by atoms with van der Waals surface area (Å²) in [6.45, 7) is 0. The highest BCUT2D eigenvalue weighted by Gasteiger charge is 2.32. The molecule has 0 aromatic heterocycles. The third-order valence-electron chi connectivity index (χ3n) is 3.05. The number of hydrogen-bond donors (Lipinski definition) is 2. The van der Waals surface area contributed by atoms with Crippen LogP contribution in [0.25, 0.3) is 11.1 Å². The van der Waals surface area contributed by atoms with Gasteiger partial charge in [-0.3, -0.25) is 14.7 Å². The minimum absolute atomic E-state index is 0.0399. The summed E-state index contributed by atoms with van der Waals surface area (Å²) < 4.78 is 70.4. The molecule has 134 valence electrons. The number of nitrogens with two attached hydrogens (primary N) is 1. The number of nitrogens with zero attached hydrogens (tertiary/aromatic N) is 1. The molecule has 0 saturated carbocycles. The first-order valence-electron chi connectivity index (χ1n) is 6.11. The van der Waals surface area contributed by atoms with E-state index in [-0.39, 0.29) is 4.47 Å². The van der Waals surface area contributed by atoms with Crippen LogP contribution in [0.15, 0.2) is 44.6 Å². The molecule has 2 aromatic carbocycles. The molecule has 0 spiro atoms. The molecule has 0 atom stereocenters. The summed E-state index contributed by atoms with van der Waals surface area (Å²) in [4.78, 5) is 8.28. The van der Waals surface area contributed by atoms with E-state index in [2.05, 4.69) is 15.9 Å². The zero-order chi connectivity index (χ0) is 19.2. The second-order valence-corrected chi connectivity index (χ2v) is 8.52. The first kappa shape index (κ1) is 19.4. The summed E-state index contributed by atoms with van der Waals surface area (Å²) >= 11 is 2.85. The van der Waals surface area contributed by atoms with Crippen LogP contribution in [0.1, 0.15) is 0 Å². The van der Waals surface area contributed by atoms with Crippen LogP contribution in [0.4, 0.5) is 10.1 Å². The highest BCUT2D eigenvalue weighted by Crippen LogP contribution is 2.41. The lowest BCUT2D eigenvalue weighted by Crippen LogP contribution is -2.16. The molecule has 3 N–H and O–H groups in total. The van der Waals surface area contributed by atoms with E-state index in [0.29, 0.717) is 0 Å². The van der Waals surface area contributed by atoms with Gasteiger partial charge in [0.05, 0.1) is 15.4 Å². The van der Waals surface area contributed by atoms with E-state index in [1.54, 1.807) is 0 Å². The maximum absolute atomic E-state index is 14.4. The van der Waals surface area contributed by atoms with Crippen molar-refractivity contribution >= 4 is 41.8 Å². The molecule has 0 radical (unpaired) electrons. The lowest BCUT2D eigenvalue weighted by atomic mass is 10.0. The number of halogens is 2. The van der Waals surface area contributed by atoms with Gasteiger partial charge in [0.25, 0.3) is 15.8 Å². The van der Waals surface area contributed by atoms with E-state index < -0.39 is 57.5 Å². The van der Waals surface area contributed by atoms with E-state index in [4.69, 9.17) is 5.14 Å². The van der Waals surface area contributed by atoms with Crippen molar-refractivity contribution in [2.24, 2.45) is 5.14 Å². The van der Waals surface area contributed by atoms with Crippen molar-refractivity contribution in [3.63, 3.8) is 0 Å². The SMILES string of the molecule is NS(=O)(=O)c1cccc(S(=O)(=O)O)c1-c1c(F)cc(Br)cc1[N+](=O)[O-]. The summed E-state index contributed by atoms with van der Waals surface area (Å²) in [5, 5.41) is 16.3. The molecule has 13 heteroatoms. The fraction of sp³-hybridized carbons (Fsp3) is 0. The van der Waals surface area contributed by atoms with Crippen molar-refractivity contribution in [1.29, 1.82) is 0 Å². The molecular weight excluding hydrogens is 447 g/mol. The Bertz CT molecular complexity index is 1050. The molecule has 0 bridgehead atoms. The average molecular weight is 455 g/mol. The van der Waals surface area contributed by atoms with E-state index in [1.165, 1.54) is 0 Å². The van der Waals surface area contributed by atoms with Crippen LogP contribution in [0, 0.1) is 15.9 Å². The van der Waals surface area contributed by atoms with Crippen molar-refractivity contribution in [2.75, 3.05) is 0 Å². The Kier molecular flexibility index (Phi) is 4.98. The van der Waals surface area contributed by atoms with Gasteiger partial charge in [0.2, 0.25) is 10.0 Å². The van der Waals surface area contributed by atoms with Crippen molar-refractivity contribution in [1.82, 2.24) is 0 Å². The monoisotopic (exact) mass is 454 g/mol. The van der Waals surface area contributed by atoms with Crippen LogP contribution in [0.3, 0.4) is 0 Å². The van der Waals surface area contributed by atoms with Crippen LogP contribution in [-0.4, -0.2) is 26.3 Å². The maximum atomic E-state index is 14.4. The van der Waals surface area contributed by atoms with Crippen molar-refractivity contribution in [3.8, 4) is 11.1 Å². The quantitative estimate of drug-likeness (QED) is 0.406. The molecule has 0 aliphatic rings. The number of hydrogen-bond acceptors (Lipinski definition) is 6. The fourth-order valence-electron chi connectivity index (χ4n) is 2.16. The van der Waals surface area contributed by atoms with Crippen molar-refractivity contribution in [2.45, 2.75) is 9.79 Å². The number of benzene rings is 2. The Hall–Kier alpha value is -1.93. The number of sulfonamides is 1. The molecule has 0 aliphatic heterocycles. The van der Waals surface area contributed by atoms with E-state index in [1.807, 2.05) is 0 Å². The largest absolute Gasteiger partial charge is 0.295 e. The van der Waals surface area contributed by atoms with E-state index in [0.717, 1.165) is 30.3 Å². The number of primary sulfonamides is 1. The first-order valence-corrected chi connectivity index (χ1v) is 9.89. The van der Waals surface area contributed by atoms with Gasteiger partial charge in [0.1, 0.15) is 10.7 Å². The minimum atomic E-state index is -5.05. The summed E-state index contributed by atoms with van der Waals surface area (Å²) in [6.07, 6.45) is 0. The second kappa shape index (κ2) is 6.42. The summed E-state index contributed by atoms with van der Waals surface area (Å²) in [6, 6.07) is 4.17. The van der Waals surface area contributed by atoms with Gasteiger partial charge in [0, 0.05) is 16.1 Å². The van der Waals surface area contributed by atoms with Gasteiger partial charge in [0.15, 0.2) is 0 Å². The van der Waals surface area contributed by atoms with Crippen LogP contribution < -0.4 is 5.14 Å². The van der Waals surface area contributed by atoms with Crippen LogP contribution in [-0.2, 0) is 20.1 Å². The molecular formula is C12H8BrFN2O7S2. The van der Waals surface area contributed by atoms with Crippen molar-refractivity contribution in [3.05, 3.63) is 50.7 Å². The van der Waals surface area contributed by atoms with Gasteiger partial charge >= 0.3 is 0 Å². The third-order valence-corrected chi connectivity index (χ3v) is 5.36. The Morgan fingerprint density at radius 3 is 2.16 bits per heavy atom. The molecule has 0 aliphatic carbocycles. The van der Waals surface area contributed by atoms with Gasteiger partial charge < -0.3 is 0 Å². The number of rotatable bonds is 4. The standard InChI is InChI=1S/C12H8BrFN2O7S2/c13-6-4-7(14)11(8(5-6)16(17)18)12-9(24(15,19)20)2-1-3-10(12)25(21,22)23/h1-5H,(H2,15,19,20)(H,21,22,23). The van der Waals surface area contributed by atoms with Gasteiger partial charge in [-0.25, -0.2) is 17.9 Å². The maximum Gasteiger partial charge on any atom is 0.295 e. The predicted octanol–water partition coefficient (Wildman–Crippen LogP) is 2.06. The molecule has 0 amide bonds. The summed E-state index contributed by atoms with van der Waals surface area (Å²) in [5.41, 5.74) is -2.79. The third kappa shape index (κ3) is 3.85. The molecule has 0 saturated heterocycles. The Morgan fingerprint density at radius 1 is 1.12 bits per heavy atom. The number of nitro benzene ring substituents is 1. The topological polar surface area (TPSA) is 158 Å². The summed E-state index contributed by atoms with van der Waals surface area (Å²) in [5.74, 6) is -1.29. The lowest BCUT2D eigenvalue weighted by molar-refractivity contribution is -0.384.